The number of nitrogens with one attached hydrogen (secondary N) is 1. The van der Waals surface area contributed by atoms with Crippen molar-refractivity contribution in [2.24, 2.45) is 4.99 Å². The van der Waals surface area contributed by atoms with Gasteiger partial charge in [0.15, 0.2) is 5.82 Å². The second-order valence-electron chi connectivity index (χ2n) is 8.52. The summed E-state index contributed by atoms with van der Waals surface area (Å²) in [6, 6.07) is 7.30. The van der Waals surface area contributed by atoms with Crippen LogP contribution in [0.25, 0.3) is 5.00 Å². The fourth-order valence-corrected chi connectivity index (χ4v) is 5.50. The highest BCUT2D eigenvalue weighted by molar-refractivity contribution is 7.15. The molecule has 3 aromatic rings. The maximum absolute atomic E-state index is 12.8. The molecule has 1 amide bonds. The Morgan fingerprint density at radius 2 is 1.88 bits per heavy atom. The summed E-state index contributed by atoms with van der Waals surface area (Å²) >= 11 is 7.87. The van der Waals surface area contributed by atoms with E-state index in [4.69, 9.17) is 16.6 Å². The molecule has 33 heavy (non-hydrogen) atoms. The van der Waals surface area contributed by atoms with Crippen LogP contribution in [0.5, 0.6) is 0 Å². The minimum atomic E-state index is -0.424. The molecule has 0 unspecified atom stereocenters. The molecule has 0 aliphatic carbocycles. The monoisotopic (exact) mass is 483 g/mol. The predicted molar refractivity (Wildman–Crippen MR) is 135 cm³/mol. The Morgan fingerprint density at radius 1 is 1.12 bits per heavy atom. The van der Waals surface area contributed by atoms with Crippen LogP contribution in [-0.4, -0.2) is 32.9 Å². The zero-order chi connectivity index (χ0) is 23.5. The van der Waals surface area contributed by atoms with Gasteiger partial charge >= 0.3 is 0 Å². The molecular formula is C25H30ClN5OS. The number of fused-ring (bicyclic) bond motifs is 3. The molecule has 0 fully saturated rings. The number of aryl methyl sites for hydroxylation is 2. The first-order chi connectivity index (χ1) is 15.9. The second kappa shape index (κ2) is 10.2. The minimum absolute atomic E-state index is 0.0129. The Balaban J connectivity index is 1.73. The van der Waals surface area contributed by atoms with E-state index in [-0.39, 0.29) is 12.3 Å². The van der Waals surface area contributed by atoms with Crippen LogP contribution in [0.15, 0.2) is 29.3 Å². The number of carbonyl (C=O) groups excluding carboxylic acids is 1. The van der Waals surface area contributed by atoms with Crippen molar-refractivity contribution in [3.8, 4) is 5.00 Å². The van der Waals surface area contributed by atoms with Gasteiger partial charge in [-0.05, 0) is 44.9 Å². The smallest absolute Gasteiger partial charge is 0.222 e. The average Bonchev–Trinajstić information content (AvgIpc) is 3.26. The standard InChI is InChI=1S/C25H30ClN5OS/c1-5-6-7-8-13-27-21(32)14-20-24-30-29-17(4)31(24)25-22(15(2)16(3)33-25)23(28-20)18-9-11-19(26)12-10-18/h9-12,20H,5-8,13-14H2,1-4H3,(H,27,32)/t20-/m0/s1. The fraction of sp³-hybridized carbons (Fsp3) is 0.440. The summed E-state index contributed by atoms with van der Waals surface area (Å²) in [4.78, 5) is 19.2. The average molecular weight is 484 g/mol. The van der Waals surface area contributed by atoms with E-state index in [1.54, 1.807) is 11.3 Å². The normalized spacial score (nSPS) is 14.9. The molecule has 0 saturated heterocycles. The first-order valence-corrected chi connectivity index (χ1v) is 12.7. The number of rotatable bonds is 8. The molecule has 1 atom stereocenters. The van der Waals surface area contributed by atoms with Crippen LogP contribution in [0.3, 0.4) is 0 Å². The van der Waals surface area contributed by atoms with Gasteiger partial charge in [-0.1, -0.05) is 49.9 Å². The number of nitrogens with zero attached hydrogens (tertiary/aromatic N) is 4. The number of hydrogen-bond acceptors (Lipinski definition) is 5. The summed E-state index contributed by atoms with van der Waals surface area (Å²) in [5, 5.41) is 13.6. The lowest BCUT2D eigenvalue weighted by Gasteiger charge is -2.13. The Bertz CT molecular complexity index is 1180. The molecule has 174 valence electrons. The van der Waals surface area contributed by atoms with Gasteiger partial charge in [-0.25, -0.2) is 0 Å². The topological polar surface area (TPSA) is 72.2 Å². The molecule has 8 heteroatoms. The van der Waals surface area contributed by atoms with Crippen molar-refractivity contribution in [3.05, 3.63) is 62.5 Å². The zero-order valence-electron chi connectivity index (χ0n) is 19.6. The third-order valence-electron chi connectivity index (χ3n) is 6.09. The van der Waals surface area contributed by atoms with Crippen molar-refractivity contribution in [2.75, 3.05) is 6.54 Å². The van der Waals surface area contributed by atoms with Crippen LogP contribution >= 0.6 is 22.9 Å². The number of unbranched alkanes of at least 4 members (excludes halogenated alkanes) is 3. The molecule has 0 bridgehead atoms. The summed E-state index contributed by atoms with van der Waals surface area (Å²) in [6.45, 7) is 9.07. The molecule has 3 heterocycles. The maximum Gasteiger partial charge on any atom is 0.222 e. The van der Waals surface area contributed by atoms with Crippen LogP contribution in [0.1, 0.15) is 78.3 Å². The molecule has 0 radical (unpaired) electrons. The number of benzene rings is 1. The van der Waals surface area contributed by atoms with E-state index in [0.717, 1.165) is 40.5 Å². The van der Waals surface area contributed by atoms with Gasteiger partial charge in [-0.3, -0.25) is 14.4 Å². The largest absolute Gasteiger partial charge is 0.356 e. The lowest BCUT2D eigenvalue weighted by atomic mass is 9.99. The maximum atomic E-state index is 12.8. The van der Waals surface area contributed by atoms with Gasteiger partial charge in [0.2, 0.25) is 5.91 Å². The van der Waals surface area contributed by atoms with E-state index >= 15 is 0 Å². The quantitative estimate of drug-likeness (QED) is 0.406. The number of carbonyl (C=O) groups is 1. The summed E-state index contributed by atoms with van der Waals surface area (Å²) in [7, 11) is 0. The number of hydrogen-bond donors (Lipinski definition) is 1. The summed E-state index contributed by atoms with van der Waals surface area (Å²) in [6.07, 6.45) is 4.73. The van der Waals surface area contributed by atoms with E-state index in [9.17, 15) is 4.79 Å². The van der Waals surface area contributed by atoms with Crippen LogP contribution in [0.4, 0.5) is 0 Å². The molecule has 1 aliphatic rings. The highest BCUT2D eigenvalue weighted by Crippen LogP contribution is 2.39. The highest BCUT2D eigenvalue weighted by atomic mass is 35.5. The Morgan fingerprint density at radius 3 is 2.61 bits per heavy atom. The molecule has 0 saturated carbocycles. The van der Waals surface area contributed by atoms with Crippen LogP contribution < -0.4 is 5.32 Å². The summed E-state index contributed by atoms with van der Waals surface area (Å²) < 4.78 is 2.08. The number of amides is 1. The van der Waals surface area contributed by atoms with Gasteiger partial charge in [0.05, 0.1) is 12.1 Å². The van der Waals surface area contributed by atoms with Crippen LogP contribution in [-0.2, 0) is 4.79 Å². The van der Waals surface area contributed by atoms with E-state index in [0.29, 0.717) is 17.4 Å². The Labute approximate surface area is 204 Å². The number of aromatic nitrogens is 3. The first-order valence-electron chi connectivity index (χ1n) is 11.5. The van der Waals surface area contributed by atoms with Crippen LogP contribution in [0.2, 0.25) is 5.02 Å². The van der Waals surface area contributed by atoms with Gasteiger partial charge in [0.1, 0.15) is 16.9 Å². The van der Waals surface area contributed by atoms with Crippen molar-refractivity contribution < 1.29 is 4.79 Å². The van der Waals surface area contributed by atoms with Crippen molar-refractivity contribution in [1.29, 1.82) is 0 Å². The molecule has 2 aromatic heterocycles. The Hall–Kier alpha value is -2.51. The van der Waals surface area contributed by atoms with E-state index < -0.39 is 6.04 Å². The van der Waals surface area contributed by atoms with Gasteiger partial charge < -0.3 is 5.32 Å². The fourth-order valence-electron chi connectivity index (χ4n) is 4.16. The zero-order valence-corrected chi connectivity index (χ0v) is 21.2. The lowest BCUT2D eigenvalue weighted by Crippen LogP contribution is -2.26. The second-order valence-corrected chi connectivity index (χ2v) is 10.2. The van der Waals surface area contributed by atoms with Crippen molar-refractivity contribution in [1.82, 2.24) is 20.1 Å². The molecular weight excluding hydrogens is 454 g/mol. The third-order valence-corrected chi connectivity index (χ3v) is 7.53. The minimum Gasteiger partial charge on any atom is -0.356 e. The molecule has 1 N–H and O–H groups in total. The summed E-state index contributed by atoms with van der Waals surface area (Å²) in [5.41, 5.74) is 4.10. The number of aliphatic imine (C=N–C) groups is 1. The molecule has 6 nitrogen and oxygen atoms in total. The van der Waals surface area contributed by atoms with E-state index in [2.05, 4.69) is 40.9 Å². The molecule has 0 spiro atoms. The molecule has 1 aromatic carbocycles. The van der Waals surface area contributed by atoms with Crippen LogP contribution in [0, 0.1) is 20.8 Å². The van der Waals surface area contributed by atoms with E-state index in [1.807, 2.05) is 31.2 Å². The SMILES string of the molecule is CCCCCCNC(=O)C[C@@H]1N=C(c2ccc(Cl)cc2)c2c(sc(C)c2C)-n2c(C)nnc21. The van der Waals surface area contributed by atoms with Crippen molar-refractivity contribution in [3.63, 3.8) is 0 Å². The van der Waals surface area contributed by atoms with Gasteiger partial charge in [0.25, 0.3) is 0 Å². The predicted octanol–water partition coefficient (Wildman–Crippen LogP) is 5.89. The lowest BCUT2D eigenvalue weighted by molar-refractivity contribution is -0.121. The molecule has 1 aliphatic heterocycles. The number of thiophene rings is 1. The Kier molecular flexibility index (Phi) is 7.29. The van der Waals surface area contributed by atoms with Gasteiger partial charge in [-0.15, -0.1) is 21.5 Å². The summed E-state index contributed by atoms with van der Waals surface area (Å²) in [5.74, 6) is 1.49. The van der Waals surface area contributed by atoms with Crippen molar-refractivity contribution in [2.45, 2.75) is 65.8 Å². The molecule has 4 rings (SSSR count). The number of halogens is 1. The van der Waals surface area contributed by atoms with Gasteiger partial charge in [-0.2, -0.15) is 0 Å². The van der Waals surface area contributed by atoms with Gasteiger partial charge in [0, 0.05) is 27.6 Å². The first kappa shape index (κ1) is 23.6. The van der Waals surface area contributed by atoms with E-state index in [1.165, 1.54) is 23.3 Å². The highest BCUT2D eigenvalue weighted by Gasteiger charge is 2.32. The van der Waals surface area contributed by atoms with Crippen molar-refractivity contribution >= 4 is 34.6 Å². The third kappa shape index (κ3) is 4.89.